The lowest BCUT2D eigenvalue weighted by Crippen LogP contribution is -2.36. The summed E-state index contributed by atoms with van der Waals surface area (Å²) in [6.45, 7) is 5.22. The molecule has 1 aliphatic heterocycles. The van der Waals surface area contributed by atoms with Gasteiger partial charge < -0.3 is 16.0 Å². The summed E-state index contributed by atoms with van der Waals surface area (Å²) in [7, 11) is 0. The fraction of sp³-hybridized carbons (Fsp3) is 0.333. The van der Waals surface area contributed by atoms with Crippen molar-refractivity contribution >= 4 is 23.2 Å². The van der Waals surface area contributed by atoms with Gasteiger partial charge in [-0.25, -0.2) is 0 Å². The van der Waals surface area contributed by atoms with Crippen LogP contribution in [0.5, 0.6) is 0 Å². The number of amides is 2. The minimum absolute atomic E-state index is 0.0279. The van der Waals surface area contributed by atoms with Crippen LogP contribution in [0.3, 0.4) is 0 Å². The summed E-state index contributed by atoms with van der Waals surface area (Å²) in [5, 5.41) is 8.72. The Balaban J connectivity index is 1.96. The molecule has 0 aliphatic carbocycles. The maximum atomic E-state index is 12.0. The summed E-state index contributed by atoms with van der Waals surface area (Å²) < 4.78 is 0. The number of hydrogen-bond acceptors (Lipinski definition) is 3. The van der Waals surface area contributed by atoms with Crippen LogP contribution in [-0.4, -0.2) is 24.9 Å². The van der Waals surface area contributed by atoms with Gasteiger partial charge in [0.25, 0.3) is 5.91 Å². The second kappa shape index (κ2) is 6.34. The van der Waals surface area contributed by atoms with Gasteiger partial charge in [-0.3, -0.25) is 9.59 Å². The van der Waals surface area contributed by atoms with Gasteiger partial charge in [0.05, 0.1) is 0 Å². The fourth-order valence-electron chi connectivity index (χ4n) is 1.79. The lowest BCUT2D eigenvalue weighted by Gasteiger charge is -2.21. The molecule has 1 aromatic carbocycles. The first-order chi connectivity index (χ1) is 9.60. The Kier molecular flexibility index (Phi) is 4.53. The van der Waals surface area contributed by atoms with Crippen molar-refractivity contribution in [1.29, 1.82) is 0 Å². The molecule has 5 heteroatoms. The molecule has 2 amide bonds. The van der Waals surface area contributed by atoms with E-state index in [0.29, 0.717) is 6.42 Å². The lowest BCUT2D eigenvalue weighted by molar-refractivity contribution is -0.116. The maximum absolute atomic E-state index is 12.0. The van der Waals surface area contributed by atoms with Crippen molar-refractivity contribution in [3.63, 3.8) is 0 Å². The van der Waals surface area contributed by atoms with Crippen molar-refractivity contribution in [3.8, 4) is 0 Å². The molecular formula is C15H19N3O2. The number of carbonyl (C=O) groups excluding carboxylic acids is 2. The van der Waals surface area contributed by atoms with Crippen LogP contribution >= 0.6 is 0 Å². The molecular weight excluding hydrogens is 254 g/mol. The third kappa shape index (κ3) is 3.45. The summed E-state index contributed by atoms with van der Waals surface area (Å²) in [5.41, 5.74) is 3.37. The standard InChI is InChI=1S/C15H19N3O2/c1-3-14(19)17-12-4-6-13(7-5-12)18-15(20)10(2)11-8-16-9-11/h4-7,16H,3,8-9H2,1-2H3,(H,17,19)(H,18,20). The highest BCUT2D eigenvalue weighted by atomic mass is 16.2. The number of benzene rings is 1. The van der Waals surface area contributed by atoms with Crippen LogP contribution in [0, 0.1) is 0 Å². The van der Waals surface area contributed by atoms with E-state index in [0.717, 1.165) is 35.6 Å². The van der Waals surface area contributed by atoms with Crippen molar-refractivity contribution < 1.29 is 9.59 Å². The molecule has 1 aliphatic rings. The van der Waals surface area contributed by atoms with Gasteiger partial charge in [-0.1, -0.05) is 6.92 Å². The van der Waals surface area contributed by atoms with Crippen LogP contribution in [0.2, 0.25) is 0 Å². The number of nitrogens with one attached hydrogen (secondary N) is 3. The zero-order valence-corrected chi connectivity index (χ0v) is 11.7. The predicted molar refractivity (Wildman–Crippen MR) is 79.6 cm³/mol. The number of carbonyl (C=O) groups is 2. The summed E-state index contributed by atoms with van der Waals surface area (Å²) in [6, 6.07) is 7.10. The Hall–Kier alpha value is -2.14. The van der Waals surface area contributed by atoms with Crippen LogP contribution < -0.4 is 16.0 Å². The van der Waals surface area contributed by atoms with E-state index in [1.165, 1.54) is 0 Å². The summed E-state index contributed by atoms with van der Waals surface area (Å²) in [6.07, 6.45) is 0.444. The molecule has 3 N–H and O–H groups in total. The van der Waals surface area contributed by atoms with Gasteiger partial charge in [0, 0.05) is 36.5 Å². The van der Waals surface area contributed by atoms with Gasteiger partial charge in [0.2, 0.25) is 5.91 Å². The van der Waals surface area contributed by atoms with Crippen molar-refractivity contribution in [2.24, 2.45) is 0 Å². The summed E-state index contributed by atoms with van der Waals surface area (Å²) in [5.74, 6) is -0.105. The quantitative estimate of drug-likeness (QED) is 0.734. The van der Waals surface area contributed by atoms with E-state index in [1.807, 2.05) is 6.92 Å². The zero-order valence-electron chi connectivity index (χ0n) is 11.7. The van der Waals surface area contributed by atoms with E-state index in [-0.39, 0.29) is 11.8 Å². The average Bonchev–Trinajstić information content (AvgIpc) is 2.38. The van der Waals surface area contributed by atoms with E-state index in [2.05, 4.69) is 16.0 Å². The van der Waals surface area contributed by atoms with Crippen LogP contribution in [0.4, 0.5) is 11.4 Å². The average molecular weight is 273 g/mol. The molecule has 1 aromatic rings. The molecule has 2 rings (SSSR count). The Labute approximate surface area is 118 Å². The highest BCUT2D eigenvalue weighted by molar-refractivity contribution is 6.04. The molecule has 1 fully saturated rings. The SMILES string of the molecule is CCC(=O)Nc1ccc(NC(=O)C(C)=C2CNC2)cc1. The topological polar surface area (TPSA) is 70.2 Å². The van der Waals surface area contributed by atoms with E-state index < -0.39 is 0 Å². The number of hydrogen-bond donors (Lipinski definition) is 3. The van der Waals surface area contributed by atoms with Gasteiger partial charge in [-0.05, 0) is 36.8 Å². The third-order valence-electron chi connectivity index (χ3n) is 3.30. The molecule has 5 nitrogen and oxygen atoms in total. The van der Waals surface area contributed by atoms with Crippen LogP contribution in [-0.2, 0) is 9.59 Å². The van der Waals surface area contributed by atoms with Gasteiger partial charge in [0.1, 0.15) is 0 Å². The van der Waals surface area contributed by atoms with Crippen molar-refractivity contribution in [3.05, 3.63) is 35.4 Å². The maximum Gasteiger partial charge on any atom is 0.251 e. The number of rotatable bonds is 4. The van der Waals surface area contributed by atoms with Gasteiger partial charge in [-0.2, -0.15) is 0 Å². The normalized spacial score (nSPS) is 13.4. The smallest absolute Gasteiger partial charge is 0.251 e. The first kappa shape index (κ1) is 14.3. The van der Waals surface area contributed by atoms with Crippen LogP contribution in [0.1, 0.15) is 20.3 Å². The summed E-state index contributed by atoms with van der Waals surface area (Å²) in [4.78, 5) is 23.2. The molecule has 0 spiro atoms. The van der Waals surface area contributed by atoms with E-state index >= 15 is 0 Å². The van der Waals surface area contributed by atoms with E-state index in [4.69, 9.17) is 0 Å². The highest BCUT2D eigenvalue weighted by Gasteiger charge is 2.15. The molecule has 1 saturated heterocycles. The van der Waals surface area contributed by atoms with Crippen molar-refractivity contribution in [2.45, 2.75) is 20.3 Å². The van der Waals surface area contributed by atoms with Gasteiger partial charge in [-0.15, -0.1) is 0 Å². The van der Waals surface area contributed by atoms with Crippen molar-refractivity contribution in [2.75, 3.05) is 23.7 Å². The molecule has 0 unspecified atom stereocenters. The lowest BCUT2D eigenvalue weighted by atomic mass is 10.0. The molecule has 106 valence electrons. The minimum Gasteiger partial charge on any atom is -0.326 e. The van der Waals surface area contributed by atoms with Crippen LogP contribution in [0.15, 0.2) is 35.4 Å². The third-order valence-corrected chi connectivity index (χ3v) is 3.30. The second-order valence-electron chi connectivity index (χ2n) is 4.77. The Morgan fingerprint density at radius 3 is 2.10 bits per heavy atom. The Morgan fingerprint density at radius 1 is 1.10 bits per heavy atom. The van der Waals surface area contributed by atoms with Gasteiger partial charge >= 0.3 is 0 Å². The second-order valence-corrected chi connectivity index (χ2v) is 4.77. The van der Waals surface area contributed by atoms with Crippen molar-refractivity contribution in [1.82, 2.24) is 5.32 Å². The molecule has 1 heterocycles. The summed E-state index contributed by atoms with van der Waals surface area (Å²) >= 11 is 0. The molecule has 20 heavy (non-hydrogen) atoms. The molecule has 0 aromatic heterocycles. The Morgan fingerprint density at radius 2 is 1.65 bits per heavy atom. The van der Waals surface area contributed by atoms with E-state index in [1.54, 1.807) is 31.2 Å². The molecule has 0 atom stereocenters. The first-order valence-corrected chi connectivity index (χ1v) is 6.70. The van der Waals surface area contributed by atoms with Gasteiger partial charge in [0.15, 0.2) is 0 Å². The van der Waals surface area contributed by atoms with Crippen LogP contribution in [0.25, 0.3) is 0 Å². The molecule has 0 saturated carbocycles. The molecule has 0 bridgehead atoms. The molecule has 0 radical (unpaired) electrons. The fourth-order valence-corrected chi connectivity index (χ4v) is 1.79. The van der Waals surface area contributed by atoms with E-state index in [9.17, 15) is 9.59 Å². The largest absolute Gasteiger partial charge is 0.326 e. The zero-order chi connectivity index (χ0) is 14.5. The first-order valence-electron chi connectivity index (χ1n) is 6.70. The number of anilines is 2. The highest BCUT2D eigenvalue weighted by Crippen LogP contribution is 2.16. The Bertz CT molecular complexity index is 541. The predicted octanol–water partition coefficient (Wildman–Crippen LogP) is 1.89. The monoisotopic (exact) mass is 273 g/mol. The minimum atomic E-state index is -0.0770.